The first-order chi connectivity index (χ1) is 11.3. The lowest BCUT2D eigenvalue weighted by Gasteiger charge is -2.26. The summed E-state index contributed by atoms with van der Waals surface area (Å²) in [5, 5.41) is 10.6. The summed E-state index contributed by atoms with van der Waals surface area (Å²) in [5.74, 6) is 0.638. The van der Waals surface area contributed by atoms with Crippen molar-refractivity contribution in [2.45, 2.75) is 13.0 Å². The Morgan fingerprint density at radius 1 is 1.26 bits per heavy atom. The van der Waals surface area contributed by atoms with Crippen LogP contribution >= 0.6 is 11.6 Å². The number of aliphatic hydroxyl groups is 1. The van der Waals surface area contributed by atoms with E-state index in [-0.39, 0.29) is 6.61 Å². The van der Waals surface area contributed by atoms with Crippen LogP contribution in [0.5, 0.6) is 5.75 Å². The Labute approximate surface area is 140 Å². The van der Waals surface area contributed by atoms with Gasteiger partial charge in [0.2, 0.25) is 0 Å². The Kier molecular flexibility index (Phi) is 5.61. The van der Waals surface area contributed by atoms with Crippen molar-refractivity contribution >= 4 is 22.5 Å². The van der Waals surface area contributed by atoms with E-state index < -0.39 is 0 Å². The average molecular weight is 338 g/mol. The van der Waals surface area contributed by atoms with Crippen molar-refractivity contribution in [1.29, 1.82) is 0 Å². The first kappa shape index (κ1) is 16.4. The number of nitrogens with zero attached hydrogens (tertiary/aromatic N) is 3. The first-order valence-electron chi connectivity index (χ1n) is 7.75. The van der Waals surface area contributed by atoms with Crippen molar-refractivity contribution in [3.8, 4) is 5.75 Å². The van der Waals surface area contributed by atoms with Crippen LogP contribution in [0.3, 0.4) is 0 Å². The molecule has 1 fully saturated rings. The van der Waals surface area contributed by atoms with Gasteiger partial charge in [-0.2, -0.15) is 0 Å². The van der Waals surface area contributed by atoms with Crippen LogP contribution in [0.2, 0.25) is 5.15 Å². The number of halogens is 1. The molecule has 0 atom stereocenters. The predicted molar refractivity (Wildman–Crippen MR) is 87.8 cm³/mol. The van der Waals surface area contributed by atoms with E-state index in [9.17, 15) is 5.11 Å². The van der Waals surface area contributed by atoms with Gasteiger partial charge < -0.3 is 14.6 Å². The molecule has 0 radical (unpaired) electrons. The highest BCUT2D eigenvalue weighted by molar-refractivity contribution is 6.34. The second kappa shape index (κ2) is 7.88. The SMILES string of the molecule is OCc1cc2ncnc(Cl)c2cc1OCCCN1CCOCC1. The molecular formula is C16H20ClN3O3. The number of hydrogen-bond donors (Lipinski definition) is 1. The summed E-state index contributed by atoms with van der Waals surface area (Å²) < 4.78 is 11.2. The van der Waals surface area contributed by atoms with Crippen molar-refractivity contribution in [1.82, 2.24) is 14.9 Å². The summed E-state index contributed by atoms with van der Waals surface area (Å²) in [6.45, 7) is 5.03. The average Bonchev–Trinajstić information content (AvgIpc) is 2.59. The fourth-order valence-electron chi connectivity index (χ4n) is 2.65. The summed E-state index contributed by atoms with van der Waals surface area (Å²) in [6, 6.07) is 3.60. The molecule has 0 saturated carbocycles. The van der Waals surface area contributed by atoms with Crippen molar-refractivity contribution in [3.05, 3.63) is 29.2 Å². The lowest BCUT2D eigenvalue weighted by molar-refractivity contribution is 0.0357. The standard InChI is InChI=1S/C16H20ClN3O3/c17-16-13-9-15(12(10-21)8-14(13)18-11-19-16)23-5-1-2-20-3-6-22-7-4-20/h8-9,11,21H,1-7,10H2. The zero-order valence-electron chi connectivity index (χ0n) is 12.9. The Hall–Kier alpha value is -1.47. The predicted octanol–water partition coefficient (Wildman–Crippen LogP) is 1.88. The molecule has 124 valence electrons. The maximum absolute atomic E-state index is 9.53. The lowest BCUT2D eigenvalue weighted by atomic mass is 10.1. The molecule has 0 unspecified atom stereocenters. The number of fused-ring (bicyclic) bond motifs is 1. The minimum Gasteiger partial charge on any atom is -0.493 e. The summed E-state index contributed by atoms with van der Waals surface area (Å²) in [4.78, 5) is 10.5. The zero-order valence-corrected chi connectivity index (χ0v) is 13.6. The van der Waals surface area contributed by atoms with Crippen LogP contribution in [-0.2, 0) is 11.3 Å². The lowest BCUT2D eigenvalue weighted by Crippen LogP contribution is -2.37. The Morgan fingerprint density at radius 2 is 2.09 bits per heavy atom. The van der Waals surface area contributed by atoms with Gasteiger partial charge in [0.25, 0.3) is 0 Å². The summed E-state index contributed by atoms with van der Waals surface area (Å²) >= 11 is 6.10. The summed E-state index contributed by atoms with van der Waals surface area (Å²) in [5.41, 5.74) is 1.41. The van der Waals surface area contributed by atoms with Gasteiger partial charge in [-0.1, -0.05) is 11.6 Å². The van der Waals surface area contributed by atoms with Gasteiger partial charge >= 0.3 is 0 Å². The molecule has 3 rings (SSSR count). The molecule has 6 nitrogen and oxygen atoms in total. The van der Waals surface area contributed by atoms with E-state index in [1.807, 2.05) is 0 Å². The first-order valence-corrected chi connectivity index (χ1v) is 8.12. The number of benzene rings is 1. The fourth-order valence-corrected chi connectivity index (χ4v) is 2.84. The third-order valence-electron chi connectivity index (χ3n) is 3.92. The van der Waals surface area contributed by atoms with Crippen LogP contribution in [0.1, 0.15) is 12.0 Å². The van der Waals surface area contributed by atoms with Crippen LogP contribution in [0, 0.1) is 0 Å². The number of morpholine rings is 1. The molecule has 2 aromatic rings. The Balaban J connectivity index is 1.63. The zero-order chi connectivity index (χ0) is 16.1. The minimum atomic E-state index is -0.101. The monoisotopic (exact) mass is 337 g/mol. The maximum atomic E-state index is 9.53. The van der Waals surface area contributed by atoms with Gasteiger partial charge in [-0.05, 0) is 18.6 Å². The van der Waals surface area contributed by atoms with Gasteiger partial charge in [-0.25, -0.2) is 9.97 Å². The van der Waals surface area contributed by atoms with E-state index in [0.29, 0.717) is 28.6 Å². The highest BCUT2D eigenvalue weighted by Gasteiger charge is 2.11. The number of aromatic nitrogens is 2. The molecule has 0 spiro atoms. The van der Waals surface area contributed by atoms with Crippen LogP contribution in [0.4, 0.5) is 0 Å². The van der Waals surface area contributed by atoms with Gasteiger partial charge in [-0.15, -0.1) is 0 Å². The van der Waals surface area contributed by atoms with E-state index in [1.165, 1.54) is 6.33 Å². The molecule has 7 heteroatoms. The molecule has 1 aromatic carbocycles. The van der Waals surface area contributed by atoms with Crippen LogP contribution < -0.4 is 4.74 Å². The number of ether oxygens (including phenoxy) is 2. The van der Waals surface area contributed by atoms with E-state index in [2.05, 4.69) is 14.9 Å². The van der Waals surface area contributed by atoms with E-state index >= 15 is 0 Å². The van der Waals surface area contributed by atoms with Gasteiger partial charge in [0.15, 0.2) is 0 Å². The number of hydrogen-bond acceptors (Lipinski definition) is 6. The van der Waals surface area contributed by atoms with Crippen molar-refractivity contribution < 1.29 is 14.6 Å². The van der Waals surface area contributed by atoms with E-state index in [1.54, 1.807) is 12.1 Å². The second-order valence-electron chi connectivity index (χ2n) is 5.46. The molecule has 0 amide bonds. The number of rotatable bonds is 6. The molecule has 0 aliphatic carbocycles. The van der Waals surface area contributed by atoms with Crippen LogP contribution in [0.15, 0.2) is 18.5 Å². The highest BCUT2D eigenvalue weighted by atomic mass is 35.5. The number of aliphatic hydroxyl groups excluding tert-OH is 1. The summed E-state index contributed by atoms with van der Waals surface area (Å²) in [7, 11) is 0. The second-order valence-corrected chi connectivity index (χ2v) is 5.81. The van der Waals surface area contributed by atoms with Gasteiger partial charge in [0.1, 0.15) is 17.2 Å². The molecule has 1 N–H and O–H groups in total. The molecule has 0 bridgehead atoms. The summed E-state index contributed by atoms with van der Waals surface area (Å²) in [6.07, 6.45) is 2.33. The minimum absolute atomic E-state index is 0.101. The van der Waals surface area contributed by atoms with Crippen molar-refractivity contribution in [3.63, 3.8) is 0 Å². The van der Waals surface area contributed by atoms with Gasteiger partial charge in [0, 0.05) is 30.6 Å². The maximum Gasteiger partial charge on any atom is 0.140 e. The smallest absolute Gasteiger partial charge is 0.140 e. The van der Waals surface area contributed by atoms with Gasteiger partial charge in [-0.3, -0.25) is 4.90 Å². The molecule has 2 heterocycles. The molecule has 1 aliphatic heterocycles. The Morgan fingerprint density at radius 3 is 2.87 bits per heavy atom. The molecular weight excluding hydrogens is 318 g/mol. The normalized spacial score (nSPS) is 15.9. The largest absolute Gasteiger partial charge is 0.493 e. The quantitative estimate of drug-likeness (QED) is 0.641. The third-order valence-corrected chi connectivity index (χ3v) is 4.22. The topological polar surface area (TPSA) is 67.7 Å². The third kappa shape index (κ3) is 4.09. The fraction of sp³-hybridized carbons (Fsp3) is 0.500. The van der Waals surface area contributed by atoms with Crippen molar-refractivity contribution in [2.75, 3.05) is 39.5 Å². The highest BCUT2D eigenvalue weighted by Crippen LogP contribution is 2.28. The van der Waals surface area contributed by atoms with Crippen LogP contribution in [0.25, 0.3) is 10.9 Å². The molecule has 1 aromatic heterocycles. The van der Waals surface area contributed by atoms with Crippen molar-refractivity contribution in [2.24, 2.45) is 0 Å². The molecule has 1 aliphatic rings. The molecule has 23 heavy (non-hydrogen) atoms. The molecule has 1 saturated heterocycles. The van der Waals surface area contributed by atoms with E-state index in [4.69, 9.17) is 21.1 Å². The van der Waals surface area contributed by atoms with Gasteiger partial charge in [0.05, 0.1) is 31.9 Å². The Bertz CT molecular complexity index is 662. The van der Waals surface area contributed by atoms with Crippen LogP contribution in [-0.4, -0.2) is 59.4 Å². The van der Waals surface area contributed by atoms with E-state index in [0.717, 1.165) is 44.7 Å².